The predicted molar refractivity (Wildman–Crippen MR) is 85.2 cm³/mol. The molecule has 110 valence electrons. The van der Waals surface area contributed by atoms with Crippen LogP contribution in [0.3, 0.4) is 0 Å². The van der Waals surface area contributed by atoms with Gasteiger partial charge in [0.2, 0.25) is 0 Å². The maximum absolute atomic E-state index is 10.8. The second-order valence-electron chi connectivity index (χ2n) is 7.21. The molecule has 0 aromatic heterocycles. The van der Waals surface area contributed by atoms with E-state index in [0.717, 1.165) is 47.6 Å². The Kier molecular flexibility index (Phi) is 2.72. The number of phenols is 2. The van der Waals surface area contributed by atoms with Gasteiger partial charge in [-0.1, -0.05) is 26.0 Å². The van der Waals surface area contributed by atoms with Crippen molar-refractivity contribution in [1.29, 1.82) is 0 Å². The fourth-order valence-electron chi connectivity index (χ4n) is 4.47. The first-order valence-electron chi connectivity index (χ1n) is 8.06. The molecule has 2 aliphatic rings. The van der Waals surface area contributed by atoms with E-state index in [-0.39, 0.29) is 0 Å². The standard InChI is InChI=1S/C19H22O2/c1-10(2)7-11-3-6-14-15(8-11)19(21)17-13-5-4-12(9-13)16(17)18(14)20/h3,6,8,10,12-13,20-21H,4-5,7,9H2,1-2H3. The van der Waals surface area contributed by atoms with Gasteiger partial charge in [0.15, 0.2) is 0 Å². The first-order chi connectivity index (χ1) is 10.1. The van der Waals surface area contributed by atoms with Crippen LogP contribution in [-0.2, 0) is 6.42 Å². The molecule has 0 radical (unpaired) electrons. The molecule has 2 heteroatoms. The molecule has 1 fully saturated rings. The molecule has 1 saturated carbocycles. The highest BCUT2D eigenvalue weighted by atomic mass is 16.3. The third kappa shape index (κ3) is 1.78. The molecule has 0 saturated heterocycles. The first kappa shape index (κ1) is 13.0. The molecule has 0 aliphatic heterocycles. The van der Waals surface area contributed by atoms with Crippen molar-refractivity contribution in [3.63, 3.8) is 0 Å². The van der Waals surface area contributed by atoms with Crippen LogP contribution < -0.4 is 0 Å². The zero-order valence-electron chi connectivity index (χ0n) is 12.7. The molecule has 2 N–H and O–H groups in total. The largest absolute Gasteiger partial charge is 0.507 e. The lowest BCUT2D eigenvalue weighted by atomic mass is 9.86. The molecule has 2 aliphatic carbocycles. The van der Waals surface area contributed by atoms with Crippen LogP contribution in [0.4, 0.5) is 0 Å². The zero-order chi connectivity index (χ0) is 14.7. The Morgan fingerprint density at radius 3 is 2.24 bits per heavy atom. The van der Waals surface area contributed by atoms with Crippen LogP contribution in [0.1, 0.15) is 61.6 Å². The van der Waals surface area contributed by atoms with Gasteiger partial charge in [-0.25, -0.2) is 0 Å². The summed E-state index contributed by atoms with van der Waals surface area (Å²) < 4.78 is 0. The minimum atomic E-state index is 0.418. The van der Waals surface area contributed by atoms with Gasteiger partial charge >= 0.3 is 0 Å². The van der Waals surface area contributed by atoms with Crippen LogP contribution in [0.15, 0.2) is 18.2 Å². The van der Waals surface area contributed by atoms with Crippen LogP contribution in [0, 0.1) is 5.92 Å². The Morgan fingerprint density at radius 1 is 1.00 bits per heavy atom. The molecule has 0 spiro atoms. The number of benzene rings is 2. The lowest BCUT2D eigenvalue weighted by molar-refractivity contribution is 0.451. The summed E-state index contributed by atoms with van der Waals surface area (Å²) in [5, 5.41) is 23.1. The van der Waals surface area contributed by atoms with Crippen molar-refractivity contribution in [2.45, 2.75) is 51.4 Å². The van der Waals surface area contributed by atoms with E-state index < -0.39 is 0 Å². The molecule has 2 aromatic rings. The van der Waals surface area contributed by atoms with E-state index in [1.54, 1.807) is 0 Å². The Morgan fingerprint density at radius 2 is 1.62 bits per heavy atom. The lowest BCUT2D eigenvalue weighted by Gasteiger charge is -2.20. The summed E-state index contributed by atoms with van der Waals surface area (Å²) in [5.74, 6) is 2.34. The van der Waals surface area contributed by atoms with E-state index in [4.69, 9.17) is 0 Å². The van der Waals surface area contributed by atoms with E-state index in [0.29, 0.717) is 29.3 Å². The molecule has 21 heavy (non-hydrogen) atoms. The summed E-state index contributed by atoms with van der Waals surface area (Å²) in [5.41, 5.74) is 3.31. The van der Waals surface area contributed by atoms with Gasteiger partial charge in [-0.15, -0.1) is 0 Å². The number of aromatic hydroxyl groups is 2. The van der Waals surface area contributed by atoms with Gasteiger partial charge in [-0.2, -0.15) is 0 Å². The molecule has 0 heterocycles. The number of rotatable bonds is 2. The molecule has 2 nitrogen and oxygen atoms in total. The third-order valence-corrected chi connectivity index (χ3v) is 5.29. The zero-order valence-corrected chi connectivity index (χ0v) is 12.7. The summed E-state index contributed by atoms with van der Waals surface area (Å²) in [4.78, 5) is 0. The summed E-state index contributed by atoms with van der Waals surface area (Å²) in [6.45, 7) is 4.40. The Labute approximate surface area is 125 Å². The summed E-state index contributed by atoms with van der Waals surface area (Å²) in [6, 6.07) is 6.13. The number of hydrogen-bond donors (Lipinski definition) is 2. The van der Waals surface area contributed by atoms with Crippen molar-refractivity contribution in [3.05, 3.63) is 34.9 Å². The second kappa shape index (κ2) is 4.40. The lowest BCUT2D eigenvalue weighted by Crippen LogP contribution is -2.00. The number of hydrogen-bond acceptors (Lipinski definition) is 2. The van der Waals surface area contributed by atoms with Gasteiger partial charge in [0.25, 0.3) is 0 Å². The average molecular weight is 282 g/mol. The van der Waals surface area contributed by atoms with Crippen LogP contribution >= 0.6 is 0 Å². The minimum absolute atomic E-state index is 0.418. The SMILES string of the molecule is CC(C)Cc1ccc2c(O)c3c(c(O)c2c1)C1CCC3C1. The van der Waals surface area contributed by atoms with Crippen molar-refractivity contribution in [1.82, 2.24) is 0 Å². The van der Waals surface area contributed by atoms with Gasteiger partial charge in [0.1, 0.15) is 11.5 Å². The van der Waals surface area contributed by atoms with E-state index in [9.17, 15) is 10.2 Å². The molecule has 2 atom stereocenters. The van der Waals surface area contributed by atoms with Crippen molar-refractivity contribution in [3.8, 4) is 11.5 Å². The maximum Gasteiger partial charge on any atom is 0.127 e. The first-order valence-corrected chi connectivity index (χ1v) is 8.06. The fourth-order valence-corrected chi connectivity index (χ4v) is 4.47. The molecule has 2 bridgehead atoms. The highest BCUT2D eigenvalue weighted by Gasteiger charge is 2.41. The normalized spacial score (nSPS) is 23.2. The summed E-state index contributed by atoms with van der Waals surface area (Å²) in [7, 11) is 0. The molecule has 4 rings (SSSR count). The monoisotopic (exact) mass is 282 g/mol. The highest BCUT2D eigenvalue weighted by molar-refractivity contribution is 5.97. The van der Waals surface area contributed by atoms with Crippen LogP contribution in [0.2, 0.25) is 0 Å². The minimum Gasteiger partial charge on any atom is -0.507 e. The topological polar surface area (TPSA) is 40.5 Å². The van der Waals surface area contributed by atoms with Gasteiger partial charge in [0, 0.05) is 21.9 Å². The molecular formula is C19H22O2. The molecule has 0 amide bonds. The summed E-state index contributed by atoms with van der Waals surface area (Å²) in [6.07, 6.45) is 4.41. The molecule has 2 unspecified atom stereocenters. The van der Waals surface area contributed by atoms with E-state index >= 15 is 0 Å². The van der Waals surface area contributed by atoms with E-state index in [1.165, 1.54) is 5.56 Å². The Bertz CT molecular complexity index is 730. The molecule has 2 aromatic carbocycles. The van der Waals surface area contributed by atoms with Crippen LogP contribution in [0.5, 0.6) is 11.5 Å². The van der Waals surface area contributed by atoms with Crippen molar-refractivity contribution in [2.75, 3.05) is 0 Å². The summed E-state index contributed by atoms with van der Waals surface area (Å²) >= 11 is 0. The van der Waals surface area contributed by atoms with Crippen molar-refractivity contribution < 1.29 is 10.2 Å². The molecular weight excluding hydrogens is 260 g/mol. The van der Waals surface area contributed by atoms with Gasteiger partial charge in [-0.05, 0) is 55.1 Å². The maximum atomic E-state index is 10.8. The Hall–Kier alpha value is -1.70. The van der Waals surface area contributed by atoms with Gasteiger partial charge < -0.3 is 10.2 Å². The number of fused-ring (bicyclic) bond motifs is 6. The Balaban J connectivity index is 1.96. The van der Waals surface area contributed by atoms with Crippen molar-refractivity contribution >= 4 is 10.8 Å². The van der Waals surface area contributed by atoms with E-state index in [1.807, 2.05) is 6.07 Å². The average Bonchev–Trinajstić information content (AvgIpc) is 3.05. The van der Waals surface area contributed by atoms with Crippen molar-refractivity contribution in [2.24, 2.45) is 5.92 Å². The van der Waals surface area contributed by atoms with Crippen LogP contribution in [0.25, 0.3) is 10.8 Å². The number of phenolic OH excluding ortho intramolecular Hbond substituents is 2. The predicted octanol–water partition coefficient (Wildman–Crippen LogP) is 4.81. The smallest absolute Gasteiger partial charge is 0.127 e. The second-order valence-corrected chi connectivity index (χ2v) is 7.21. The van der Waals surface area contributed by atoms with Gasteiger partial charge in [-0.3, -0.25) is 0 Å². The van der Waals surface area contributed by atoms with E-state index in [2.05, 4.69) is 26.0 Å². The van der Waals surface area contributed by atoms with Crippen LogP contribution in [-0.4, -0.2) is 10.2 Å². The fraction of sp³-hybridized carbons (Fsp3) is 0.474. The third-order valence-electron chi connectivity index (χ3n) is 5.29. The quantitative estimate of drug-likeness (QED) is 0.776. The highest BCUT2D eigenvalue weighted by Crippen LogP contribution is 2.60. The van der Waals surface area contributed by atoms with Gasteiger partial charge in [0.05, 0.1) is 0 Å².